The summed E-state index contributed by atoms with van der Waals surface area (Å²) in [6.45, 7) is 4.44. The normalized spacial score (nSPS) is 12.8. The zero-order valence-electron chi connectivity index (χ0n) is 30.4. The number of aromatic nitrogens is 3. The lowest BCUT2D eigenvalue weighted by atomic mass is 10.1. The minimum Gasteiger partial charge on any atom is -0.481 e. The number of nitrogens with zero attached hydrogens (tertiary/aromatic N) is 4. The van der Waals surface area contributed by atoms with Crippen molar-refractivity contribution in [1.29, 1.82) is 0 Å². The van der Waals surface area contributed by atoms with Gasteiger partial charge in [0, 0.05) is 41.0 Å². The molecule has 9 nitrogen and oxygen atoms in total. The van der Waals surface area contributed by atoms with Gasteiger partial charge in [0.25, 0.3) is 0 Å². The number of benzene rings is 3. The van der Waals surface area contributed by atoms with Gasteiger partial charge in [-0.15, -0.1) is 0 Å². The SMILES string of the molecule is CC.COC1=NCC=c2c(c(=O)cc(Nc3ccccc3)n2-c2ccccc2)=C1.O=c1cc(NC2=CCCC=C2)n(-c2ccccc2)c2cnc(Cl)cc12. The molecule has 54 heavy (non-hydrogen) atoms. The van der Waals surface area contributed by atoms with Gasteiger partial charge in [-0.25, -0.2) is 9.98 Å². The van der Waals surface area contributed by atoms with E-state index in [2.05, 4.69) is 32.8 Å². The molecule has 272 valence electrons. The van der Waals surface area contributed by atoms with Crippen LogP contribution in [0.25, 0.3) is 34.4 Å². The maximum Gasteiger partial charge on any atom is 0.209 e. The number of pyridine rings is 3. The van der Waals surface area contributed by atoms with Crippen molar-refractivity contribution in [3.63, 3.8) is 0 Å². The molecule has 2 N–H and O–H groups in total. The molecule has 0 atom stereocenters. The third-order valence-corrected chi connectivity index (χ3v) is 8.71. The van der Waals surface area contributed by atoms with Crippen LogP contribution in [0.1, 0.15) is 26.7 Å². The third kappa shape index (κ3) is 8.60. The van der Waals surface area contributed by atoms with Crippen molar-refractivity contribution in [2.75, 3.05) is 24.3 Å². The molecule has 0 radical (unpaired) electrons. The Bertz CT molecular complexity index is 2580. The van der Waals surface area contributed by atoms with E-state index in [1.807, 2.05) is 126 Å². The van der Waals surface area contributed by atoms with Crippen LogP contribution in [0, 0.1) is 0 Å². The van der Waals surface area contributed by atoms with Crippen molar-refractivity contribution in [3.8, 4) is 11.4 Å². The molecule has 0 bridgehead atoms. The molecule has 10 heteroatoms. The number of rotatable bonds is 6. The topological polar surface area (TPSA) is 103 Å². The summed E-state index contributed by atoms with van der Waals surface area (Å²) >= 11 is 5.99. The predicted molar refractivity (Wildman–Crippen MR) is 223 cm³/mol. The highest BCUT2D eigenvalue weighted by Crippen LogP contribution is 2.25. The zero-order valence-corrected chi connectivity index (χ0v) is 31.1. The van der Waals surface area contributed by atoms with Crippen LogP contribution in [0.15, 0.2) is 154 Å². The fourth-order valence-electron chi connectivity index (χ4n) is 6.12. The van der Waals surface area contributed by atoms with Gasteiger partial charge in [0.05, 0.1) is 41.3 Å². The van der Waals surface area contributed by atoms with Crippen LogP contribution >= 0.6 is 11.6 Å². The van der Waals surface area contributed by atoms with Crippen molar-refractivity contribution in [3.05, 3.63) is 175 Å². The van der Waals surface area contributed by atoms with E-state index in [0.717, 1.165) is 40.9 Å². The standard InChI is InChI=1S/C22H19N3O2.C20H16ClN3O.C2H6/c1-27-22-14-18-19(12-13-23-22)25(17-10-6-3-7-11-17)21(15-20(18)26)24-16-8-4-2-5-9-16;21-19-11-16-17(13-22-19)24(15-9-5-2-6-10-15)20(12-18(16)25)23-14-7-3-1-4-8-14;1-2/h2-12,14-15,24H,13H2,1H3;2-3,5-13,23H,1,4H2;1-2H3. The number of halogens is 1. The van der Waals surface area contributed by atoms with Crippen LogP contribution in [-0.4, -0.2) is 33.7 Å². The Morgan fingerprint density at radius 2 is 1.37 bits per heavy atom. The summed E-state index contributed by atoms with van der Waals surface area (Å²) in [5.41, 5.74) is 4.33. The van der Waals surface area contributed by atoms with Gasteiger partial charge in [0.1, 0.15) is 16.8 Å². The Labute approximate surface area is 318 Å². The van der Waals surface area contributed by atoms with Gasteiger partial charge >= 0.3 is 0 Å². The molecule has 3 aromatic carbocycles. The van der Waals surface area contributed by atoms with E-state index in [1.54, 1.807) is 37.6 Å². The highest BCUT2D eigenvalue weighted by molar-refractivity contribution is 6.30. The van der Waals surface area contributed by atoms with Crippen molar-refractivity contribution >= 4 is 57.9 Å². The van der Waals surface area contributed by atoms with Crippen LogP contribution in [0.2, 0.25) is 5.15 Å². The van der Waals surface area contributed by atoms with Gasteiger partial charge in [-0.1, -0.05) is 92.2 Å². The second-order valence-corrected chi connectivity index (χ2v) is 12.3. The monoisotopic (exact) mass is 736 g/mol. The van der Waals surface area contributed by atoms with E-state index in [1.165, 1.54) is 0 Å². The first-order chi connectivity index (χ1) is 26.5. The summed E-state index contributed by atoms with van der Waals surface area (Å²) in [5, 5.41) is 8.95. The lowest BCUT2D eigenvalue weighted by Gasteiger charge is -2.19. The number of anilines is 3. The van der Waals surface area contributed by atoms with Crippen LogP contribution in [-0.2, 0) is 4.74 Å². The Morgan fingerprint density at radius 3 is 2.02 bits per heavy atom. The van der Waals surface area contributed by atoms with Gasteiger partial charge in [-0.3, -0.25) is 18.7 Å². The molecule has 0 amide bonds. The predicted octanol–water partition coefficient (Wildman–Crippen LogP) is 7.91. The summed E-state index contributed by atoms with van der Waals surface area (Å²) < 4.78 is 9.29. The van der Waals surface area contributed by atoms with E-state index in [9.17, 15) is 9.59 Å². The second kappa shape index (κ2) is 17.9. The quantitative estimate of drug-likeness (QED) is 0.169. The Kier molecular flexibility index (Phi) is 12.3. The maximum absolute atomic E-state index is 12.9. The average Bonchev–Trinajstić information content (AvgIpc) is 3.44. The van der Waals surface area contributed by atoms with E-state index in [-0.39, 0.29) is 10.9 Å². The molecule has 0 saturated carbocycles. The highest BCUT2D eigenvalue weighted by atomic mass is 35.5. The number of nitrogens with one attached hydrogen (secondary N) is 2. The number of methoxy groups -OCH3 is 1. The number of aliphatic imine (C=N–C) groups is 1. The fourth-order valence-corrected chi connectivity index (χ4v) is 6.27. The van der Waals surface area contributed by atoms with Crippen molar-refractivity contribution in [1.82, 2.24) is 14.1 Å². The molecule has 0 saturated heterocycles. The first-order valence-corrected chi connectivity index (χ1v) is 18.2. The summed E-state index contributed by atoms with van der Waals surface area (Å²) in [4.78, 5) is 34.0. The third-order valence-electron chi connectivity index (χ3n) is 8.51. The first kappa shape index (κ1) is 37.3. The summed E-state index contributed by atoms with van der Waals surface area (Å²) in [6.07, 6.45) is 13.6. The molecule has 1 aliphatic heterocycles. The number of fused-ring (bicyclic) bond motifs is 2. The van der Waals surface area contributed by atoms with E-state index >= 15 is 0 Å². The molecule has 6 aromatic rings. The molecule has 8 rings (SSSR count). The minimum atomic E-state index is -0.0885. The first-order valence-electron chi connectivity index (χ1n) is 17.8. The van der Waals surface area contributed by atoms with E-state index in [0.29, 0.717) is 45.4 Å². The maximum atomic E-state index is 12.9. The highest BCUT2D eigenvalue weighted by Gasteiger charge is 2.14. The van der Waals surface area contributed by atoms with Crippen LogP contribution in [0.4, 0.5) is 17.3 Å². The summed E-state index contributed by atoms with van der Waals surface area (Å²) in [6, 6.07) is 34.5. The van der Waals surface area contributed by atoms with Crippen LogP contribution in [0.3, 0.4) is 0 Å². The van der Waals surface area contributed by atoms with Gasteiger partial charge in [0.15, 0.2) is 10.9 Å². The van der Waals surface area contributed by atoms with Crippen LogP contribution in [0.5, 0.6) is 0 Å². The minimum absolute atomic E-state index is 0.0847. The molecule has 0 unspecified atom stereocenters. The van der Waals surface area contributed by atoms with Gasteiger partial charge in [-0.2, -0.15) is 0 Å². The van der Waals surface area contributed by atoms with Crippen molar-refractivity contribution in [2.45, 2.75) is 26.7 Å². The molecule has 0 spiro atoms. The molecule has 2 aliphatic rings. The second-order valence-electron chi connectivity index (χ2n) is 11.9. The largest absolute Gasteiger partial charge is 0.481 e. The Hall–Kier alpha value is -6.45. The lowest BCUT2D eigenvalue weighted by Crippen LogP contribution is -2.45. The molecule has 4 heterocycles. The number of hydrogen-bond donors (Lipinski definition) is 2. The van der Waals surface area contributed by atoms with Gasteiger partial charge in [0.2, 0.25) is 5.90 Å². The zero-order chi connectivity index (χ0) is 37.9. The fraction of sp³-hybridized carbons (Fsp3) is 0.136. The molecule has 1 aliphatic carbocycles. The average molecular weight is 737 g/mol. The van der Waals surface area contributed by atoms with Crippen molar-refractivity contribution in [2.24, 2.45) is 4.99 Å². The number of allylic oxidation sites excluding steroid dienone is 3. The summed E-state index contributed by atoms with van der Waals surface area (Å²) in [7, 11) is 1.56. The molecular weight excluding hydrogens is 696 g/mol. The van der Waals surface area contributed by atoms with Gasteiger partial charge in [-0.05, 0) is 67.5 Å². The number of ether oxygens (including phenoxy) is 1. The number of hydrogen-bond acceptors (Lipinski definition) is 7. The van der Waals surface area contributed by atoms with E-state index < -0.39 is 0 Å². The lowest BCUT2D eigenvalue weighted by molar-refractivity contribution is 0.409. The molecular formula is C44H41ClN6O3. The molecule has 3 aromatic heterocycles. The van der Waals surface area contributed by atoms with Crippen LogP contribution < -0.4 is 32.1 Å². The van der Waals surface area contributed by atoms with Gasteiger partial charge < -0.3 is 15.4 Å². The smallest absolute Gasteiger partial charge is 0.209 e. The van der Waals surface area contributed by atoms with E-state index in [4.69, 9.17) is 16.3 Å². The summed E-state index contributed by atoms with van der Waals surface area (Å²) in [5.74, 6) is 1.85. The Balaban J connectivity index is 0.000000177. The number of para-hydroxylation sites is 3. The Morgan fingerprint density at radius 1 is 0.741 bits per heavy atom. The van der Waals surface area contributed by atoms with Crippen molar-refractivity contribution < 1.29 is 4.74 Å². The molecule has 0 fully saturated rings.